The first-order chi connectivity index (χ1) is 15.9. The highest BCUT2D eigenvalue weighted by atomic mass is 32.1. The Morgan fingerprint density at radius 3 is 2.94 bits per heavy atom. The number of benzene rings is 1. The fourth-order valence-corrected chi connectivity index (χ4v) is 5.13. The quantitative estimate of drug-likeness (QED) is 0.404. The Hall–Kier alpha value is -2.37. The van der Waals surface area contributed by atoms with Crippen LogP contribution in [-0.4, -0.2) is 72.9 Å². The Labute approximate surface area is 201 Å². The third kappa shape index (κ3) is 6.81. The van der Waals surface area contributed by atoms with E-state index in [1.54, 1.807) is 11.3 Å². The van der Waals surface area contributed by atoms with Crippen LogP contribution in [0.25, 0.3) is 0 Å². The lowest BCUT2D eigenvalue weighted by atomic mass is 10.00. The molecule has 1 aliphatic heterocycles. The summed E-state index contributed by atoms with van der Waals surface area (Å²) in [5.74, 6) is 3.28. The molecule has 1 N–H and O–H groups in total. The first-order valence-corrected chi connectivity index (χ1v) is 12.3. The molecule has 1 aromatic carbocycles. The van der Waals surface area contributed by atoms with E-state index in [9.17, 15) is 9.90 Å². The molecule has 1 amide bonds. The number of carbonyl (C=O) groups excluding carboxylic acids is 1. The summed E-state index contributed by atoms with van der Waals surface area (Å²) in [6.07, 6.45) is 5.34. The average molecular weight is 471 g/mol. The van der Waals surface area contributed by atoms with E-state index in [-0.39, 0.29) is 31.7 Å². The van der Waals surface area contributed by atoms with Gasteiger partial charge >= 0.3 is 0 Å². The van der Waals surface area contributed by atoms with Crippen molar-refractivity contribution in [1.29, 1.82) is 0 Å². The van der Waals surface area contributed by atoms with E-state index in [2.05, 4.69) is 30.4 Å². The summed E-state index contributed by atoms with van der Waals surface area (Å²) < 4.78 is 11.4. The van der Waals surface area contributed by atoms with Crippen LogP contribution < -0.4 is 4.74 Å². The second-order valence-electron chi connectivity index (χ2n) is 8.43. The highest BCUT2D eigenvalue weighted by Crippen LogP contribution is 2.34. The Balaban J connectivity index is 1.67. The Bertz CT molecular complexity index is 967. The second kappa shape index (κ2) is 12.2. The molecule has 1 aromatic heterocycles. The van der Waals surface area contributed by atoms with Crippen LogP contribution in [0, 0.1) is 26.2 Å². The Kier molecular flexibility index (Phi) is 9.33. The monoisotopic (exact) mass is 470 g/mol. The number of aryl methyl sites for hydroxylation is 2. The van der Waals surface area contributed by atoms with Gasteiger partial charge in [-0.2, -0.15) is 0 Å². The van der Waals surface area contributed by atoms with Crippen molar-refractivity contribution in [3.05, 3.63) is 51.2 Å². The maximum atomic E-state index is 13.4. The normalized spacial score (nSPS) is 16.4. The predicted molar refractivity (Wildman–Crippen MR) is 132 cm³/mol. The molecule has 2 heterocycles. The molecule has 0 bridgehead atoms. The number of aliphatic hydroxyl groups is 1. The summed E-state index contributed by atoms with van der Waals surface area (Å²) in [7, 11) is 0. The second-order valence-corrected chi connectivity index (χ2v) is 9.43. The fraction of sp³-hybridized carbons (Fsp3) is 0.500. The van der Waals surface area contributed by atoms with Gasteiger partial charge in [0.1, 0.15) is 19.0 Å². The Morgan fingerprint density at radius 1 is 1.39 bits per heavy atom. The lowest BCUT2D eigenvalue weighted by Gasteiger charge is -2.37. The number of nitrogens with zero attached hydrogens (tertiary/aromatic N) is 2. The number of thiophene rings is 1. The summed E-state index contributed by atoms with van der Waals surface area (Å²) >= 11 is 1.74. The van der Waals surface area contributed by atoms with Crippen LogP contribution in [0.4, 0.5) is 0 Å². The van der Waals surface area contributed by atoms with E-state index in [0.717, 1.165) is 17.7 Å². The number of terminal acetylenes is 1. The average Bonchev–Trinajstić information content (AvgIpc) is 3.27. The lowest BCUT2D eigenvalue weighted by molar-refractivity contribution is -0.136. The predicted octanol–water partition coefficient (Wildman–Crippen LogP) is 3.20. The van der Waals surface area contributed by atoms with Crippen LogP contribution in [0.2, 0.25) is 0 Å². The zero-order valence-corrected chi connectivity index (χ0v) is 20.6. The van der Waals surface area contributed by atoms with Crippen LogP contribution in [-0.2, 0) is 16.0 Å². The fourth-order valence-electron chi connectivity index (χ4n) is 4.20. The number of likely N-dealkylation sites (N-methyl/N-ethyl adjacent to an activating group) is 1. The van der Waals surface area contributed by atoms with Gasteiger partial charge in [0.05, 0.1) is 25.3 Å². The van der Waals surface area contributed by atoms with Crippen molar-refractivity contribution in [1.82, 2.24) is 9.80 Å². The molecule has 0 spiro atoms. The zero-order valence-electron chi connectivity index (χ0n) is 19.8. The molecule has 178 valence electrons. The third-order valence-electron chi connectivity index (χ3n) is 5.91. The summed E-state index contributed by atoms with van der Waals surface area (Å²) in [5.41, 5.74) is 3.46. The third-order valence-corrected chi connectivity index (χ3v) is 6.91. The van der Waals surface area contributed by atoms with Crippen molar-refractivity contribution >= 4 is 17.2 Å². The molecule has 2 unspecified atom stereocenters. The molecule has 33 heavy (non-hydrogen) atoms. The molecule has 1 aliphatic rings. The summed E-state index contributed by atoms with van der Waals surface area (Å²) in [6, 6.07) is 8.12. The molecule has 7 heteroatoms. The minimum Gasteiger partial charge on any atom is -0.491 e. The number of rotatable bonds is 11. The van der Waals surface area contributed by atoms with E-state index >= 15 is 0 Å². The molecule has 0 fully saturated rings. The van der Waals surface area contributed by atoms with Gasteiger partial charge in [-0.15, -0.1) is 17.8 Å². The molecule has 0 radical (unpaired) electrons. The van der Waals surface area contributed by atoms with E-state index in [1.165, 1.54) is 16.0 Å². The molecule has 6 nitrogen and oxygen atoms in total. The van der Waals surface area contributed by atoms with Crippen molar-refractivity contribution < 1.29 is 19.4 Å². The summed E-state index contributed by atoms with van der Waals surface area (Å²) in [6.45, 7) is 8.73. The molecule has 0 saturated carbocycles. The van der Waals surface area contributed by atoms with Crippen LogP contribution >= 0.6 is 11.3 Å². The van der Waals surface area contributed by atoms with Crippen molar-refractivity contribution in [3.8, 4) is 18.1 Å². The van der Waals surface area contributed by atoms with E-state index < -0.39 is 6.10 Å². The van der Waals surface area contributed by atoms with Gasteiger partial charge in [-0.05, 0) is 55.5 Å². The summed E-state index contributed by atoms with van der Waals surface area (Å²) in [5, 5.41) is 12.3. The van der Waals surface area contributed by atoms with Gasteiger partial charge in [-0.1, -0.05) is 30.5 Å². The van der Waals surface area contributed by atoms with Gasteiger partial charge in [-0.3, -0.25) is 9.69 Å². The number of fused-ring (bicyclic) bond motifs is 1. The molecular formula is C26H34N2O4S. The number of hydrogen-bond donors (Lipinski definition) is 1. The zero-order chi connectivity index (χ0) is 23.8. The van der Waals surface area contributed by atoms with E-state index in [1.807, 2.05) is 35.8 Å². The van der Waals surface area contributed by atoms with Gasteiger partial charge in [0, 0.05) is 18.0 Å². The number of hydrogen-bond acceptors (Lipinski definition) is 6. The largest absolute Gasteiger partial charge is 0.491 e. The van der Waals surface area contributed by atoms with Gasteiger partial charge in [0.25, 0.3) is 0 Å². The highest BCUT2D eigenvalue weighted by molar-refractivity contribution is 7.10. The van der Waals surface area contributed by atoms with Crippen LogP contribution in [0.5, 0.6) is 5.75 Å². The van der Waals surface area contributed by atoms with Crippen molar-refractivity contribution in [2.45, 2.75) is 39.3 Å². The van der Waals surface area contributed by atoms with Gasteiger partial charge in [0.2, 0.25) is 5.91 Å². The van der Waals surface area contributed by atoms with Gasteiger partial charge in [-0.25, -0.2) is 0 Å². The smallest absolute Gasteiger partial charge is 0.237 e. The molecule has 0 aliphatic carbocycles. The standard InChI is InChI=1S/C26H34N2O4S/c1-5-12-31-17-21(29)15-27(6-2)16-26(30)28-11-9-25-22(10-13-33-25)23(28)18-32-24-8-7-19(3)14-20(24)4/h1,7-8,10,13-14,21,23,29H,6,9,11-12,15-18H2,2-4H3. The SMILES string of the molecule is C#CCOCC(O)CN(CC)CC(=O)N1CCc2sccc2C1COc1ccc(C)cc1C. The first-order valence-electron chi connectivity index (χ1n) is 11.4. The molecule has 3 rings (SSSR count). The number of aliphatic hydroxyl groups excluding tert-OH is 1. The molecule has 0 saturated heterocycles. The van der Waals surface area contributed by atoms with Crippen LogP contribution in [0.15, 0.2) is 29.6 Å². The molecule has 2 atom stereocenters. The molecular weight excluding hydrogens is 436 g/mol. The topological polar surface area (TPSA) is 62.2 Å². The van der Waals surface area contributed by atoms with E-state index in [0.29, 0.717) is 26.2 Å². The van der Waals surface area contributed by atoms with Crippen LogP contribution in [0.3, 0.4) is 0 Å². The van der Waals surface area contributed by atoms with Crippen molar-refractivity contribution in [2.75, 3.05) is 46.0 Å². The minimum absolute atomic E-state index is 0.0414. The van der Waals surface area contributed by atoms with Crippen molar-refractivity contribution in [2.24, 2.45) is 0 Å². The highest BCUT2D eigenvalue weighted by Gasteiger charge is 2.33. The maximum absolute atomic E-state index is 13.4. The lowest BCUT2D eigenvalue weighted by Crippen LogP contribution is -2.48. The number of amides is 1. The summed E-state index contributed by atoms with van der Waals surface area (Å²) in [4.78, 5) is 18.6. The van der Waals surface area contributed by atoms with Gasteiger partial charge < -0.3 is 19.5 Å². The maximum Gasteiger partial charge on any atom is 0.237 e. The molecule has 2 aromatic rings. The van der Waals surface area contributed by atoms with Crippen LogP contribution in [0.1, 0.15) is 34.5 Å². The van der Waals surface area contributed by atoms with E-state index in [4.69, 9.17) is 15.9 Å². The number of ether oxygens (including phenoxy) is 2. The minimum atomic E-state index is -0.695. The first kappa shape index (κ1) is 25.3. The Morgan fingerprint density at radius 2 is 2.21 bits per heavy atom. The van der Waals surface area contributed by atoms with Crippen molar-refractivity contribution in [3.63, 3.8) is 0 Å². The van der Waals surface area contributed by atoms with Gasteiger partial charge in [0.15, 0.2) is 0 Å². The number of carbonyl (C=O) groups is 1.